The number of carboxylic acids is 1. The third-order valence-corrected chi connectivity index (χ3v) is 8.31. The molecule has 1 amide bonds. The lowest BCUT2D eigenvalue weighted by molar-refractivity contribution is -0.164. The molecule has 0 fully saturated rings. The molecular weight excluding hydrogens is 563 g/mol. The van der Waals surface area contributed by atoms with Crippen molar-refractivity contribution in [1.29, 1.82) is 0 Å². The maximum absolute atomic E-state index is 15.5. The minimum atomic E-state index is -1.32. The van der Waals surface area contributed by atoms with Crippen LogP contribution in [0.4, 0.5) is 10.2 Å². The van der Waals surface area contributed by atoms with Gasteiger partial charge in [0.2, 0.25) is 0 Å². The minimum absolute atomic E-state index is 0.0792. The molecule has 5 rings (SSSR count). The van der Waals surface area contributed by atoms with Gasteiger partial charge in [-0.1, -0.05) is 24.3 Å². The molecule has 0 radical (unpaired) electrons. The van der Waals surface area contributed by atoms with Crippen LogP contribution in [-0.4, -0.2) is 62.7 Å². The fraction of sp³-hybridized carbons (Fsp3) is 0.484. The van der Waals surface area contributed by atoms with E-state index in [4.69, 9.17) is 21.1 Å². The van der Waals surface area contributed by atoms with E-state index >= 15 is 4.39 Å². The van der Waals surface area contributed by atoms with Gasteiger partial charge in [-0.2, -0.15) is 5.10 Å². The highest BCUT2D eigenvalue weighted by atomic mass is 35.5. The Labute approximate surface area is 249 Å². The van der Waals surface area contributed by atoms with Gasteiger partial charge in [0.1, 0.15) is 0 Å². The lowest BCUT2D eigenvalue weighted by Gasteiger charge is -2.38. The molecule has 2 aliphatic heterocycles. The highest BCUT2D eigenvalue weighted by Crippen LogP contribution is 2.44. The summed E-state index contributed by atoms with van der Waals surface area (Å²) in [4.78, 5) is 30.6. The van der Waals surface area contributed by atoms with Gasteiger partial charge >= 0.3 is 5.97 Å². The molecule has 5 atom stereocenters. The number of nitrogens with one attached hydrogen (secondary N) is 1. The van der Waals surface area contributed by atoms with Gasteiger partial charge in [-0.25, -0.2) is 18.9 Å². The van der Waals surface area contributed by atoms with Crippen LogP contribution in [0.25, 0.3) is 0 Å². The molecule has 0 bridgehead atoms. The molecule has 2 N–H and O–H groups in total. The lowest BCUT2D eigenvalue weighted by atomic mass is 9.80. The molecule has 11 heteroatoms. The zero-order valence-corrected chi connectivity index (χ0v) is 25.1. The highest BCUT2D eigenvalue weighted by Gasteiger charge is 2.45. The number of ether oxygens (including phenoxy) is 2. The fourth-order valence-electron chi connectivity index (χ4n) is 5.88. The van der Waals surface area contributed by atoms with Gasteiger partial charge in [-0.15, -0.1) is 11.6 Å². The Morgan fingerprint density at radius 2 is 2.00 bits per heavy atom. The van der Waals surface area contributed by atoms with Crippen LogP contribution in [0, 0.1) is 24.6 Å². The number of hydrogen-bond donors (Lipinski definition) is 2. The van der Waals surface area contributed by atoms with Crippen molar-refractivity contribution in [2.45, 2.75) is 70.6 Å². The first-order chi connectivity index (χ1) is 19.9. The Kier molecular flexibility index (Phi) is 8.31. The quantitative estimate of drug-likeness (QED) is 0.417. The maximum Gasteiger partial charge on any atom is 0.333 e. The molecule has 1 aromatic carbocycles. The van der Waals surface area contributed by atoms with Gasteiger partial charge in [0, 0.05) is 29.8 Å². The number of aliphatic imine (C=N–C) groups is 1. The van der Waals surface area contributed by atoms with Crippen LogP contribution in [0.2, 0.25) is 0 Å². The topological polar surface area (TPSA) is 115 Å². The van der Waals surface area contributed by atoms with Crippen molar-refractivity contribution in [3.05, 3.63) is 64.6 Å². The van der Waals surface area contributed by atoms with E-state index in [1.54, 1.807) is 33.8 Å². The second-order valence-corrected chi connectivity index (χ2v) is 12.5. The van der Waals surface area contributed by atoms with Crippen LogP contribution < -0.4 is 10.1 Å². The van der Waals surface area contributed by atoms with Crippen LogP contribution in [0.5, 0.6) is 5.75 Å². The molecular formula is C31H36ClFN4O5. The third kappa shape index (κ3) is 5.87. The Balaban J connectivity index is 1.59. The van der Waals surface area contributed by atoms with Crippen molar-refractivity contribution in [3.8, 4) is 5.75 Å². The maximum atomic E-state index is 15.5. The van der Waals surface area contributed by atoms with Crippen molar-refractivity contribution in [1.82, 2.24) is 15.1 Å². The molecule has 5 unspecified atom stereocenters. The number of benzene rings is 1. The predicted octanol–water partition coefficient (Wildman–Crippen LogP) is 5.31. The average Bonchev–Trinajstić information content (AvgIpc) is 3.36. The van der Waals surface area contributed by atoms with Crippen molar-refractivity contribution in [2.75, 3.05) is 13.2 Å². The van der Waals surface area contributed by atoms with Crippen LogP contribution in [0.15, 0.2) is 41.4 Å². The van der Waals surface area contributed by atoms with Gasteiger partial charge in [0.05, 0.1) is 29.5 Å². The normalized spacial score (nSPS) is 23.8. The van der Waals surface area contributed by atoms with E-state index in [2.05, 4.69) is 15.4 Å². The van der Waals surface area contributed by atoms with Gasteiger partial charge in [0.25, 0.3) is 5.91 Å². The highest BCUT2D eigenvalue weighted by molar-refractivity contribution is 6.22. The van der Waals surface area contributed by atoms with E-state index in [0.29, 0.717) is 36.7 Å². The summed E-state index contributed by atoms with van der Waals surface area (Å²) in [5.74, 6) is -2.45. The number of carbonyl (C=O) groups excluding carboxylic acids is 1. The Bertz CT molecular complexity index is 1490. The van der Waals surface area contributed by atoms with E-state index < -0.39 is 41.4 Å². The van der Waals surface area contributed by atoms with Gasteiger partial charge in [-0.3, -0.25) is 4.79 Å². The standard InChI is InChI=1S/C31H36ClFN4O5/c1-16-19-10-8-12-41-27(19)22(33)13-20(16)26-25(28(30(39)40)42-31(3,4)5)17(2)35-24-14-23(36-37(24)26)29(38)34-15-18-9-6-7-11-21(18)32/h6-7,9,11,13-14,18,21,25-26,28H,8,10,12,15H2,1-5H3,(H,34,38)(H,39,40). The van der Waals surface area contributed by atoms with Gasteiger partial charge in [0.15, 0.2) is 29.2 Å². The summed E-state index contributed by atoms with van der Waals surface area (Å²) in [6.45, 7) is 9.68. The number of allylic oxidation sites excluding steroid dienone is 3. The first-order valence-electron chi connectivity index (χ1n) is 14.1. The first-order valence-corrected chi connectivity index (χ1v) is 14.6. The second-order valence-electron chi connectivity index (χ2n) is 12.0. The van der Waals surface area contributed by atoms with Crippen molar-refractivity contribution < 1.29 is 28.6 Å². The number of nitrogens with zero attached hydrogens (tertiary/aromatic N) is 3. The zero-order chi connectivity index (χ0) is 30.3. The van der Waals surface area contributed by atoms with E-state index in [1.165, 1.54) is 10.7 Å². The number of carboxylic acid groups (broad SMARTS) is 1. The second kappa shape index (κ2) is 11.6. The molecule has 9 nitrogen and oxygen atoms in total. The predicted molar refractivity (Wildman–Crippen MR) is 158 cm³/mol. The number of amides is 1. The molecule has 3 heterocycles. The number of carbonyl (C=O) groups is 2. The molecule has 3 aliphatic rings. The Morgan fingerprint density at radius 1 is 1.26 bits per heavy atom. The summed E-state index contributed by atoms with van der Waals surface area (Å²) in [6.07, 6.45) is 7.59. The monoisotopic (exact) mass is 598 g/mol. The summed E-state index contributed by atoms with van der Waals surface area (Å²) < 4.78 is 28.8. The Morgan fingerprint density at radius 3 is 2.69 bits per heavy atom. The number of aliphatic carboxylic acids is 1. The number of fused-ring (bicyclic) bond motifs is 2. The SMILES string of the molecule is CC1=Nc2cc(C(=O)NCC3C=CC=CC3Cl)nn2C(c2cc(F)c3c(c2C)CCCO3)C1C(OC(C)(C)C)C(=O)O. The van der Waals surface area contributed by atoms with Gasteiger partial charge < -0.3 is 19.9 Å². The number of halogens is 2. The van der Waals surface area contributed by atoms with Crippen molar-refractivity contribution in [2.24, 2.45) is 16.8 Å². The van der Waals surface area contributed by atoms with E-state index in [9.17, 15) is 14.7 Å². The average molecular weight is 599 g/mol. The van der Waals surface area contributed by atoms with Crippen LogP contribution >= 0.6 is 11.6 Å². The summed E-state index contributed by atoms with van der Waals surface area (Å²) in [5.41, 5.74) is 1.87. The molecule has 2 aromatic rings. The summed E-state index contributed by atoms with van der Waals surface area (Å²) >= 11 is 6.37. The van der Waals surface area contributed by atoms with Gasteiger partial charge in [-0.05, 0) is 64.7 Å². The third-order valence-electron chi connectivity index (χ3n) is 7.84. The molecule has 224 valence electrons. The molecule has 42 heavy (non-hydrogen) atoms. The fourth-order valence-corrected chi connectivity index (χ4v) is 6.14. The van der Waals surface area contributed by atoms with E-state index in [1.807, 2.05) is 31.2 Å². The molecule has 0 spiro atoms. The molecule has 0 saturated carbocycles. The largest absolute Gasteiger partial charge is 0.490 e. The van der Waals surface area contributed by atoms with Crippen LogP contribution in [0.3, 0.4) is 0 Å². The smallest absolute Gasteiger partial charge is 0.333 e. The molecule has 1 aliphatic carbocycles. The van der Waals surface area contributed by atoms with E-state index in [-0.39, 0.29) is 22.7 Å². The van der Waals surface area contributed by atoms with Crippen molar-refractivity contribution in [3.63, 3.8) is 0 Å². The van der Waals surface area contributed by atoms with E-state index in [0.717, 1.165) is 17.5 Å². The number of rotatable bonds is 7. The summed E-state index contributed by atoms with van der Waals surface area (Å²) in [5, 5.41) is 17.6. The van der Waals surface area contributed by atoms with Crippen molar-refractivity contribution >= 4 is 35.0 Å². The lowest BCUT2D eigenvalue weighted by Crippen LogP contribution is -2.47. The number of alkyl halides is 1. The minimum Gasteiger partial charge on any atom is -0.490 e. The summed E-state index contributed by atoms with van der Waals surface area (Å²) in [6, 6.07) is 2.13. The molecule has 1 aromatic heterocycles. The number of aromatic nitrogens is 2. The Hall–Kier alpha value is -3.50. The van der Waals surface area contributed by atoms with Crippen LogP contribution in [0.1, 0.15) is 67.3 Å². The first kappa shape index (κ1) is 30.0. The van der Waals surface area contributed by atoms with Crippen LogP contribution in [-0.2, 0) is 16.0 Å². The number of hydrogen-bond acceptors (Lipinski definition) is 6. The zero-order valence-electron chi connectivity index (χ0n) is 24.4. The molecule has 0 saturated heterocycles. The summed E-state index contributed by atoms with van der Waals surface area (Å²) in [7, 11) is 0.